The van der Waals surface area contributed by atoms with Gasteiger partial charge in [0.25, 0.3) is 10.0 Å². The van der Waals surface area contributed by atoms with E-state index in [1.165, 1.54) is 12.1 Å². The van der Waals surface area contributed by atoms with Crippen molar-refractivity contribution in [3.8, 4) is 0 Å². The molecule has 3 aromatic carbocycles. The first kappa shape index (κ1) is 23.6. The molecule has 31 heavy (non-hydrogen) atoms. The van der Waals surface area contributed by atoms with E-state index >= 15 is 0 Å². The Kier molecular flexibility index (Phi) is 7.31. The van der Waals surface area contributed by atoms with Crippen LogP contribution in [0.25, 0.3) is 0 Å². The third-order valence-corrected chi connectivity index (χ3v) is 7.77. The Labute approximate surface area is 200 Å². The average Bonchev–Trinajstić information content (AvgIpc) is 2.70. The van der Waals surface area contributed by atoms with Crippen LogP contribution in [0.1, 0.15) is 11.1 Å². The summed E-state index contributed by atoms with van der Waals surface area (Å²) in [6.07, 6.45) is 0. The second kappa shape index (κ2) is 9.61. The molecule has 0 heterocycles. The number of anilines is 2. The number of sulfonamides is 1. The number of rotatable bonds is 6. The number of carbonyl (C=O) groups is 1. The van der Waals surface area contributed by atoms with Crippen molar-refractivity contribution in [2.24, 2.45) is 0 Å². The highest BCUT2D eigenvalue weighted by atomic mass is 79.9. The lowest BCUT2D eigenvalue weighted by Crippen LogP contribution is -2.38. The van der Waals surface area contributed by atoms with E-state index in [4.69, 9.17) is 23.2 Å². The number of aryl methyl sites for hydroxylation is 2. The zero-order valence-electron chi connectivity index (χ0n) is 16.7. The Morgan fingerprint density at radius 2 is 1.68 bits per heavy atom. The molecule has 0 saturated carbocycles. The molecule has 0 spiro atoms. The molecule has 9 heteroatoms. The van der Waals surface area contributed by atoms with Crippen LogP contribution in [0.5, 0.6) is 0 Å². The minimum Gasteiger partial charge on any atom is -0.324 e. The molecule has 0 aromatic heterocycles. The molecule has 0 unspecified atom stereocenters. The summed E-state index contributed by atoms with van der Waals surface area (Å²) in [6.45, 7) is 3.19. The van der Waals surface area contributed by atoms with Crippen LogP contribution in [0.15, 0.2) is 70.0 Å². The first-order valence-corrected chi connectivity index (χ1v) is 12.2. The number of nitrogens with one attached hydrogen (secondary N) is 1. The minimum absolute atomic E-state index is 0.0898. The monoisotopic (exact) mass is 540 g/mol. The molecule has 0 aliphatic heterocycles. The molecule has 0 aliphatic rings. The summed E-state index contributed by atoms with van der Waals surface area (Å²) >= 11 is 15.4. The molecule has 0 aliphatic carbocycles. The van der Waals surface area contributed by atoms with E-state index in [0.717, 1.165) is 9.87 Å². The fourth-order valence-electron chi connectivity index (χ4n) is 2.94. The highest BCUT2D eigenvalue weighted by Gasteiger charge is 2.28. The van der Waals surface area contributed by atoms with E-state index in [1.54, 1.807) is 55.5 Å². The molecule has 0 bridgehead atoms. The summed E-state index contributed by atoms with van der Waals surface area (Å²) in [5.41, 5.74) is 2.38. The minimum atomic E-state index is -4.01. The predicted molar refractivity (Wildman–Crippen MR) is 130 cm³/mol. The number of hydrogen-bond acceptors (Lipinski definition) is 3. The average molecular weight is 542 g/mol. The third-order valence-electron chi connectivity index (χ3n) is 4.53. The zero-order chi connectivity index (χ0) is 22.8. The van der Waals surface area contributed by atoms with Crippen molar-refractivity contribution in [2.75, 3.05) is 16.2 Å². The van der Waals surface area contributed by atoms with Gasteiger partial charge in [0.05, 0.1) is 15.6 Å². The fraction of sp³-hybridized carbons (Fsp3) is 0.136. The van der Waals surface area contributed by atoms with Gasteiger partial charge >= 0.3 is 0 Å². The fourth-order valence-corrected chi connectivity index (χ4v) is 5.08. The molecular weight excluding hydrogens is 523 g/mol. The maximum absolute atomic E-state index is 13.5. The number of hydrogen-bond donors (Lipinski definition) is 1. The Hall–Kier alpha value is -2.06. The van der Waals surface area contributed by atoms with Crippen molar-refractivity contribution in [2.45, 2.75) is 18.7 Å². The lowest BCUT2D eigenvalue weighted by atomic mass is 10.2. The second-order valence-electron chi connectivity index (χ2n) is 6.93. The van der Waals surface area contributed by atoms with Crippen LogP contribution in [0, 0.1) is 13.8 Å². The SMILES string of the molecule is Cc1ccc(S(=O)(=O)N(CC(=O)Nc2ccc(Br)c(Cl)c2)c2ccc(Cl)cc2C)cc1. The van der Waals surface area contributed by atoms with Crippen molar-refractivity contribution in [1.82, 2.24) is 0 Å². The molecule has 0 radical (unpaired) electrons. The molecular formula is C22H19BrCl2N2O3S. The molecule has 5 nitrogen and oxygen atoms in total. The normalized spacial score (nSPS) is 11.3. The summed E-state index contributed by atoms with van der Waals surface area (Å²) in [5.74, 6) is -0.511. The van der Waals surface area contributed by atoms with Crippen LogP contribution in [0.4, 0.5) is 11.4 Å². The van der Waals surface area contributed by atoms with Gasteiger partial charge in [0.1, 0.15) is 6.54 Å². The van der Waals surface area contributed by atoms with Gasteiger partial charge in [-0.15, -0.1) is 0 Å². The maximum Gasteiger partial charge on any atom is 0.264 e. The number of nitrogens with zero attached hydrogens (tertiary/aromatic N) is 1. The van der Waals surface area contributed by atoms with Crippen LogP contribution in [0.2, 0.25) is 10.0 Å². The molecule has 1 N–H and O–H groups in total. The second-order valence-corrected chi connectivity index (χ2v) is 10.5. The Morgan fingerprint density at radius 1 is 1.00 bits per heavy atom. The molecule has 3 rings (SSSR count). The number of halogens is 3. The van der Waals surface area contributed by atoms with E-state index < -0.39 is 22.5 Å². The van der Waals surface area contributed by atoms with E-state index in [-0.39, 0.29) is 4.90 Å². The lowest BCUT2D eigenvalue weighted by Gasteiger charge is -2.26. The van der Waals surface area contributed by atoms with Crippen molar-refractivity contribution in [3.05, 3.63) is 86.3 Å². The van der Waals surface area contributed by atoms with Gasteiger partial charge in [0.2, 0.25) is 5.91 Å². The number of carbonyl (C=O) groups excluding carboxylic acids is 1. The van der Waals surface area contributed by atoms with Gasteiger partial charge in [-0.2, -0.15) is 0 Å². The van der Waals surface area contributed by atoms with Crippen molar-refractivity contribution in [3.63, 3.8) is 0 Å². The Bertz CT molecular complexity index is 1230. The van der Waals surface area contributed by atoms with E-state index in [1.807, 2.05) is 6.92 Å². The maximum atomic E-state index is 13.5. The van der Waals surface area contributed by atoms with Gasteiger partial charge in [-0.05, 0) is 83.9 Å². The van der Waals surface area contributed by atoms with E-state index in [2.05, 4.69) is 21.2 Å². The zero-order valence-corrected chi connectivity index (χ0v) is 20.6. The lowest BCUT2D eigenvalue weighted by molar-refractivity contribution is -0.114. The van der Waals surface area contributed by atoms with Crippen molar-refractivity contribution < 1.29 is 13.2 Å². The largest absolute Gasteiger partial charge is 0.324 e. The summed E-state index contributed by atoms with van der Waals surface area (Å²) < 4.78 is 28.7. The van der Waals surface area contributed by atoms with E-state index in [0.29, 0.717) is 31.5 Å². The van der Waals surface area contributed by atoms with Gasteiger partial charge in [-0.3, -0.25) is 9.10 Å². The summed E-state index contributed by atoms with van der Waals surface area (Å²) in [6, 6.07) is 16.2. The first-order chi connectivity index (χ1) is 14.6. The van der Waals surface area contributed by atoms with Crippen LogP contribution < -0.4 is 9.62 Å². The van der Waals surface area contributed by atoms with E-state index in [9.17, 15) is 13.2 Å². The predicted octanol–water partition coefficient (Wildman–Crippen LogP) is 6.21. The van der Waals surface area contributed by atoms with Gasteiger partial charge < -0.3 is 5.32 Å². The Balaban J connectivity index is 1.98. The Morgan fingerprint density at radius 3 is 2.29 bits per heavy atom. The standard InChI is InChI=1S/C22H19BrCl2N2O3S/c1-14-3-7-18(8-4-14)31(29,30)27(21-10-5-16(24)11-15(21)2)13-22(28)26-17-6-9-19(23)20(25)12-17/h3-12H,13H2,1-2H3,(H,26,28). The van der Waals surface area contributed by atoms with Crippen molar-refractivity contribution in [1.29, 1.82) is 0 Å². The van der Waals surface area contributed by atoms with Gasteiger partial charge in [0.15, 0.2) is 0 Å². The third kappa shape index (κ3) is 5.60. The number of amides is 1. The van der Waals surface area contributed by atoms with Crippen LogP contribution in [-0.4, -0.2) is 20.9 Å². The molecule has 0 atom stereocenters. The van der Waals surface area contributed by atoms with Gasteiger partial charge in [-0.25, -0.2) is 8.42 Å². The highest BCUT2D eigenvalue weighted by molar-refractivity contribution is 9.10. The summed E-state index contributed by atoms with van der Waals surface area (Å²) in [5, 5.41) is 3.60. The summed E-state index contributed by atoms with van der Waals surface area (Å²) in [7, 11) is -4.01. The quantitative estimate of drug-likeness (QED) is 0.403. The molecule has 0 saturated heterocycles. The molecule has 0 fully saturated rings. The van der Waals surface area contributed by atoms with Gasteiger partial charge in [0, 0.05) is 15.2 Å². The molecule has 162 valence electrons. The van der Waals surface area contributed by atoms with Crippen LogP contribution >= 0.6 is 39.1 Å². The molecule has 1 amide bonds. The number of benzene rings is 3. The molecule has 3 aromatic rings. The van der Waals surface area contributed by atoms with Crippen molar-refractivity contribution >= 4 is 66.4 Å². The first-order valence-electron chi connectivity index (χ1n) is 9.18. The smallest absolute Gasteiger partial charge is 0.264 e. The van der Waals surface area contributed by atoms with Gasteiger partial charge in [-0.1, -0.05) is 40.9 Å². The topological polar surface area (TPSA) is 66.5 Å². The van der Waals surface area contributed by atoms with Crippen LogP contribution in [0.3, 0.4) is 0 Å². The summed E-state index contributed by atoms with van der Waals surface area (Å²) in [4.78, 5) is 12.9. The highest BCUT2D eigenvalue weighted by Crippen LogP contribution is 2.30. The van der Waals surface area contributed by atoms with Crippen LogP contribution in [-0.2, 0) is 14.8 Å².